The summed E-state index contributed by atoms with van der Waals surface area (Å²) >= 11 is 0. The molecule has 0 saturated carbocycles. The normalized spacial score (nSPS) is 15.1. The molecule has 1 N–H and O–H groups in total. The van der Waals surface area contributed by atoms with Gasteiger partial charge in [0.15, 0.2) is 0 Å². The molecule has 0 radical (unpaired) electrons. The highest BCUT2D eigenvalue weighted by molar-refractivity contribution is 5.91. The molecule has 6 heteroatoms. The average molecular weight is 412 g/mol. The highest BCUT2D eigenvalue weighted by atomic mass is 19.1. The van der Waals surface area contributed by atoms with Crippen LogP contribution in [-0.4, -0.2) is 20.0 Å². The molecule has 0 saturated heterocycles. The number of aliphatic imine (C=N–C) groups is 1. The number of hydrogen-bond acceptors (Lipinski definition) is 3. The molecule has 1 heterocycles. The van der Waals surface area contributed by atoms with Gasteiger partial charge in [0.1, 0.15) is 29.9 Å². The van der Waals surface area contributed by atoms with Gasteiger partial charge in [-0.2, -0.15) is 0 Å². The molecule has 0 aromatic heterocycles. The van der Waals surface area contributed by atoms with Gasteiger partial charge in [0, 0.05) is 35.5 Å². The van der Waals surface area contributed by atoms with Gasteiger partial charge in [0.2, 0.25) is 0 Å². The zero-order chi connectivity index (χ0) is 21.8. The Kier molecular flexibility index (Phi) is 6.45. The summed E-state index contributed by atoms with van der Waals surface area (Å²) in [7, 11) is 1.39. The Morgan fingerprint density at radius 3 is 2.40 bits per heavy atom. The lowest BCUT2D eigenvalue weighted by molar-refractivity contribution is 0.362. The van der Waals surface area contributed by atoms with Crippen molar-refractivity contribution in [2.24, 2.45) is 10.9 Å². The van der Waals surface area contributed by atoms with Crippen molar-refractivity contribution in [1.29, 1.82) is 0 Å². The number of rotatable bonds is 6. The van der Waals surface area contributed by atoms with Crippen molar-refractivity contribution in [2.45, 2.75) is 13.8 Å². The second kappa shape index (κ2) is 9.03. The van der Waals surface area contributed by atoms with E-state index in [0.29, 0.717) is 17.8 Å². The Bertz CT molecular complexity index is 1070. The Morgan fingerprint density at radius 1 is 1.10 bits per heavy atom. The smallest absolute Gasteiger partial charge is 0.137 e. The summed E-state index contributed by atoms with van der Waals surface area (Å²) in [4.78, 5) is 4.22. The number of halogens is 3. The summed E-state index contributed by atoms with van der Waals surface area (Å²) in [5.74, 6) is -2.13. The van der Waals surface area contributed by atoms with Crippen LogP contribution in [0, 0.1) is 30.3 Å². The molecule has 0 fully saturated rings. The van der Waals surface area contributed by atoms with Crippen LogP contribution >= 0.6 is 0 Å². The maximum atomic E-state index is 14.8. The van der Waals surface area contributed by atoms with Crippen LogP contribution in [-0.2, 0) is 4.74 Å². The van der Waals surface area contributed by atoms with E-state index in [1.807, 2.05) is 6.92 Å². The molecule has 30 heavy (non-hydrogen) atoms. The Balaban J connectivity index is 2.24. The fourth-order valence-electron chi connectivity index (χ4n) is 3.45. The topological polar surface area (TPSA) is 33.6 Å². The van der Waals surface area contributed by atoms with Gasteiger partial charge in [-0.05, 0) is 41.8 Å². The third kappa shape index (κ3) is 4.32. The molecule has 1 unspecified atom stereocenters. The molecule has 0 bridgehead atoms. The number of nitrogens with one attached hydrogen (secondary N) is 1. The van der Waals surface area contributed by atoms with Gasteiger partial charge in [-0.1, -0.05) is 25.6 Å². The molecule has 3 rings (SSSR count). The Labute approximate surface area is 174 Å². The fraction of sp³-hybridized carbons (Fsp3) is 0.208. The first kappa shape index (κ1) is 21.4. The van der Waals surface area contributed by atoms with Crippen LogP contribution in [0.1, 0.15) is 23.6 Å². The number of ether oxygens (including phenoxy) is 1. The van der Waals surface area contributed by atoms with E-state index >= 15 is 0 Å². The number of nitrogens with zero attached hydrogens (tertiary/aromatic N) is 1. The molecule has 156 valence electrons. The summed E-state index contributed by atoms with van der Waals surface area (Å²) < 4.78 is 48.5. The molecule has 3 nitrogen and oxygen atoms in total. The van der Waals surface area contributed by atoms with E-state index in [-0.39, 0.29) is 22.8 Å². The highest BCUT2D eigenvalue weighted by Gasteiger charge is 2.26. The molecular weight excluding hydrogens is 389 g/mol. The van der Waals surface area contributed by atoms with Gasteiger partial charge >= 0.3 is 0 Å². The summed E-state index contributed by atoms with van der Waals surface area (Å²) in [6, 6.07) is 8.06. The number of aryl methyl sites for hydroxylation is 1. The van der Waals surface area contributed by atoms with Crippen molar-refractivity contribution in [1.82, 2.24) is 5.32 Å². The van der Waals surface area contributed by atoms with Crippen molar-refractivity contribution in [3.63, 3.8) is 0 Å². The minimum Gasteiger partial charge on any atom is -0.496 e. The summed E-state index contributed by atoms with van der Waals surface area (Å²) in [6.07, 6.45) is 3.50. The Morgan fingerprint density at radius 2 is 1.80 bits per heavy atom. The van der Waals surface area contributed by atoms with Crippen LogP contribution in [0.15, 0.2) is 65.3 Å². The standard InChI is InChI=1S/C24H23F3N2O/c1-14-5-7-19(21(26)9-14)16(3)23(15(2)17-11-28-13-29-12-17)24(30-4)20-8-6-18(25)10-22(20)27/h5-12,15,28H,3,13H2,1-2,4H3/b24-23-. The van der Waals surface area contributed by atoms with Crippen molar-refractivity contribution in [3.05, 3.63) is 94.5 Å². The Hall–Kier alpha value is -3.28. The quantitative estimate of drug-likeness (QED) is 0.492. The first-order valence-corrected chi connectivity index (χ1v) is 9.46. The van der Waals surface area contributed by atoms with Gasteiger partial charge in [-0.25, -0.2) is 13.2 Å². The van der Waals surface area contributed by atoms with Crippen LogP contribution in [0.3, 0.4) is 0 Å². The van der Waals surface area contributed by atoms with Crippen LogP contribution < -0.4 is 5.32 Å². The van der Waals surface area contributed by atoms with Gasteiger partial charge < -0.3 is 10.1 Å². The van der Waals surface area contributed by atoms with Crippen molar-refractivity contribution in [3.8, 4) is 0 Å². The number of hydrogen-bond donors (Lipinski definition) is 1. The zero-order valence-electron chi connectivity index (χ0n) is 17.1. The number of benzene rings is 2. The van der Waals surface area contributed by atoms with Crippen molar-refractivity contribution >= 4 is 17.5 Å². The van der Waals surface area contributed by atoms with Crippen LogP contribution in [0.5, 0.6) is 0 Å². The van der Waals surface area contributed by atoms with E-state index < -0.39 is 17.5 Å². The van der Waals surface area contributed by atoms with Crippen LogP contribution in [0.4, 0.5) is 13.2 Å². The second-order valence-electron chi connectivity index (χ2n) is 7.07. The molecule has 1 aliphatic rings. The largest absolute Gasteiger partial charge is 0.496 e. The van der Waals surface area contributed by atoms with E-state index in [1.165, 1.54) is 19.2 Å². The predicted octanol–water partition coefficient (Wildman–Crippen LogP) is 5.63. The monoisotopic (exact) mass is 412 g/mol. The molecule has 1 atom stereocenters. The molecule has 0 amide bonds. The first-order chi connectivity index (χ1) is 14.3. The molecule has 1 aliphatic heterocycles. The van der Waals surface area contributed by atoms with E-state index in [2.05, 4.69) is 16.9 Å². The van der Waals surface area contributed by atoms with Gasteiger partial charge in [0.05, 0.1) is 12.7 Å². The lowest BCUT2D eigenvalue weighted by Crippen LogP contribution is -2.18. The molecule has 0 aliphatic carbocycles. The molecular formula is C24H23F3N2O. The first-order valence-electron chi connectivity index (χ1n) is 9.46. The van der Waals surface area contributed by atoms with Crippen LogP contribution in [0.25, 0.3) is 11.3 Å². The highest BCUT2D eigenvalue weighted by Crippen LogP contribution is 2.39. The zero-order valence-corrected chi connectivity index (χ0v) is 17.1. The van der Waals surface area contributed by atoms with E-state index in [1.54, 1.807) is 31.5 Å². The average Bonchev–Trinajstić information content (AvgIpc) is 2.72. The summed E-state index contributed by atoms with van der Waals surface area (Å²) in [5, 5.41) is 3.03. The van der Waals surface area contributed by atoms with E-state index in [4.69, 9.17) is 4.74 Å². The SMILES string of the molecule is C=C(/C(=C(\OC)c1ccc(F)cc1F)C(C)C1=CNCN=C1)c1ccc(C)cc1F. The summed E-state index contributed by atoms with van der Waals surface area (Å²) in [5.41, 5.74) is 2.73. The minimum absolute atomic E-state index is 0.0655. The van der Waals surface area contributed by atoms with Gasteiger partial charge in [-0.3, -0.25) is 4.99 Å². The third-order valence-electron chi connectivity index (χ3n) is 5.02. The lowest BCUT2D eigenvalue weighted by Gasteiger charge is -2.25. The minimum atomic E-state index is -0.779. The second-order valence-corrected chi connectivity index (χ2v) is 7.07. The molecule has 2 aromatic carbocycles. The number of methoxy groups -OCH3 is 1. The lowest BCUT2D eigenvalue weighted by atomic mass is 9.83. The maximum absolute atomic E-state index is 14.8. The fourth-order valence-corrected chi connectivity index (χ4v) is 3.45. The predicted molar refractivity (Wildman–Crippen MR) is 114 cm³/mol. The van der Waals surface area contributed by atoms with Gasteiger partial charge in [0.25, 0.3) is 0 Å². The van der Waals surface area contributed by atoms with Crippen LogP contribution in [0.2, 0.25) is 0 Å². The van der Waals surface area contributed by atoms with Gasteiger partial charge in [-0.15, -0.1) is 0 Å². The molecule has 2 aromatic rings. The molecule has 0 spiro atoms. The number of allylic oxidation sites excluding steroid dienone is 3. The summed E-state index contributed by atoms with van der Waals surface area (Å²) in [6.45, 7) is 8.22. The third-order valence-corrected chi connectivity index (χ3v) is 5.02. The maximum Gasteiger partial charge on any atom is 0.137 e. The van der Waals surface area contributed by atoms with Crippen molar-refractivity contribution < 1.29 is 17.9 Å². The van der Waals surface area contributed by atoms with E-state index in [0.717, 1.165) is 23.3 Å². The van der Waals surface area contributed by atoms with Crippen molar-refractivity contribution in [2.75, 3.05) is 13.8 Å². The van der Waals surface area contributed by atoms with E-state index in [9.17, 15) is 13.2 Å².